The average molecular weight is 482 g/mol. The predicted octanol–water partition coefficient (Wildman–Crippen LogP) is 6.47. The Kier molecular flexibility index (Phi) is 6.98. The molecule has 2 fully saturated rings. The van der Waals surface area contributed by atoms with Gasteiger partial charge in [-0.3, -0.25) is 4.68 Å². The number of carbonyl (C=O) groups excluding carboxylic acids is 2. The summed E-state index contributed by atoms with van der Waals surface area (Å²) >= 11 is 0. The Morgan fingerprint density at radius 1 is 0.971 bits per heavy atom. The van der Waals surface area contributed by atoms with Crippen molar-refractivity contribution in [2.24, 2.45) is 5.92 Å². The summed E-state index contributed by atoms with van der Waals surface area (Å²) in [5.41, 5.74) is 2.46. The third kappa shape index (κ3) is 6.86. The lowest BCUT2D eigenvalue weighted by Gasteiger charge is -2.38. The van der Waals surface area contributed by atoms with Gasteiger partial charge in [-0.1, -0.05) is 30.3 Å². The summed E-state index contributed by atoms with van der Waals surface area (Å²) in [5, 5.41) is 4.99. The van der Waals surface area contributed by atoms with Gasteiger partial charge in [0.05, 0.1) is 11.7 Å². The molecule has 2 aliphatic carbocycles. The van der Waals surface area contributed by atoms with E-state index in [1.807, 2.05) is 6.07 Å². The molecule has 0 unspecified atom stereocenters. The summed E-state index contributed by atoms with van der Waals surface area (Å²) in [6, 6.07) is 10.8. The molecule has 0 saturated heterocycles. The molecule has 0 spiro atoms. The van der Waals surface area contributed by atoms with Crippen molar-refractivity contribution in [1.29, 1.82) is 0 Å². The highest BCUT2D eigenvalue weighted by Crippen LogP contribution is 2.44. The molecule has 4 rings (SSSR count). The summed E-state index contributed by atoms with van der Waals surface area (Å²) in [6.07, 6.45) is 5.94. The molecule has 0 bridgehead atoms. The minimum Gasteiger partial charge on any atom is -0.443 e. The zero-order chi connectivity index (χ0) is 25.4. The number of rotatable bonds is 6. The van der Waals surface area contributed by atoms with E-state index >= 15 is 0 Å². The SMILES string of the molecule is CC(C)(C)OC(=O)N(CC1CC(n2cc(Cc3ccccc3)c(C3CC3)n2)C1)C(=O)OC(C)(C)C. The molecule has 190 valence electrons. The van der Waals surface area contributed by atoms with Crippen LogP contribution in [0, 0.1) is 5.92 Å². The Hall–Kier alpha value is -2.83. The van der Waals surface area contributed by atoms with E-state index in [2.05, 4.69) is 35.1 Å². The predicted molar refractivity (Wildman–Crippen MR) is 134 cm³/mol. The zero-order valence-corrected chi connectivity index (χ0v) is 21.9. The molecule has 2 saturated carbocycles. The summed E-state index contributed by atoms with van der Waals surface area (Å²) in [4.78, 5) is 26.7. The number of aromatic nitrogens is 2. The van der Waals surface area contributed by atoms with Gasteiger partial charge >= 0.3 is 12.2 Å². The third-order valence-electron chi connectivity index (χ3n) is 6.30. The van der Waals surface area contributed by atoms with E-state index < -0.39 is 23.4 Å². The first kappa shape index (κ1) is 25.3. The maximum Gasteiger partial charge on any atom is 0.419 e. The Balaban J connectivity index is 1.41. The molecule has 1 aromatic heterocycles. The van der Waals surface area contributed by atoms with Crippen molar-refractivity contribution in [1.82, 2.24) is 14.7 Å². The smallest absolute Gasteiger partial charge is 0.419 e. The van der Waals surface area contributed by atoms with Gasteiger partial charge in [0, 0.05) is 25.1 Å². The van der Waals surface area contributed by atoms with Gasteiger partial charge in [-0.2, -0.15) is 5.10 Å². The van der Waals surface area contributed by atoms with E-state index in [0.29, 0.717) is 5.92 Å². The van der Waals surface area contributed by atoms with Crippen LogP contribution in [0.1, 0.15) is 96.0 Å². The van der Waals surface area contributed by atoms with Gasteiger partial charge in [0.25, 0.3) is 0 Å². The van der Waals surface area contributed by atoms with Gasteiger partial charge in [0.15, 0.2) is 0 Å². The van der Waals surface area contributed by atoms with E-state index in [1.54, 1.807) is 41.5 Å². The maximum absolute atomic E-state index is 12.8. The van der Waals surface area contributed by atoms with Crippen LogP contribution in [0.4, 0.5) is 9.59 Å². The molecule has 35 heavy (non-hydrogen) atoms. The standard InChI is InChI=1S/C28H39N3O4/c1-27(2,3)34-25(32)30(26(33)35-28(4,5)6)17-20-15-23(16-20)31-18-22(24(29-31)21-12-13-21)14-19-10-8-7-9-11-19/h7-11,18,20-21,23H,12-17H2,1-6H3. The zero-order valence-electron chi connectivity index (χ0n) is 21.9. The molecule has 0 atom stereocenters. The van der Waals surface area contributed by atoms with Crippen molar-refractivity contribution in [2.45, 2.75) is 96.8 Å². The Bertz CT molecular complexity index is 1010. The molecular formula is C28H39N3O4. The van der Waals surface area contributed by atoms with Crippen molar-refractivity contribution in [3.05, 3.63) is 53.3 Å². The number of hydrogen-bond donors (Lipinski definition) is 0. The van der Waals surface area contributed by atoms with E-state index in [9.17, 15) is 9.59 Å². The summed E-state index contributed by atoms with van der Waals surface area (Å²) < 4.78 is 13.1. The number of ether oxygens (including phenoxy) is 2. The van der Waals surface area contributed by atoms with Gasteiger partial charge in [0.1, 0.15) is 11.2 Å². The van der Waals surface area contributed by atoms with Crippen molar-refractivity contribution in [3.8, 4) is 0 Å². The van der Waals surface area contributed by atoms with Gasteiger partial charge < -0.3 is 9.47 Å². The monoisotopic (exact) mass is 481 g/mol. The van der Waals surface area contributed by atoms with Gasteiger partial charge in [-0.25, -0.2) is 14.5 Å². The molecule has 2 aromatic rings. The Morgan fingerprint density at radius 3 is 2.06 bits per heavy atom. The summed E-state index contributed by atoms with van der Waals surface area (Å²) in [6.45, 7) is 11.0. The van der Waals surface area contributed by atoms with E-state index in [1.165, 1.54) is 29.7 Å². The summed E-state index contributed by atoms with van der Waals surface area (Å²) in [5.74, 6) is 0.770. The number of benzene rings is 1. The average Bonchev–Trinajstić information content (AvgIpc) is 3.46. The molecule has 0 N–H and O–H groups in total. The van der Waals surface area contributed by atoms with Crippen LogP contribution in [0.5, 0.6) is 0 Å². The number of nitrogens with zero attached hydrogens (tertiary/aromatic N) is 3. The highest BCUT2D eigenvalue weighted by molar-refractivity contribution is 5.88. The second-order valence-electron chi connectivity index (χ2n) is 12.0. The first-order chi connectivity index (χ1) is 16.4. The largest absolute Gasteiger partial charge is 0.443 e. The third-order valence-corrected chi connectivity index (χ3v) is 6.30. The lowest BCUT2D eigenvalue weighted by molar-refractivity contribution is -0.00641. The normalized spacial score (nSPS) is 20.2. The molecular weight excluding hydrogens is 442 g/mol. The Labute approximate surface area is 208 Å². The maximum atomic E-state index is 12.8. The highest BCUT2D eigenvalue weighted by Gasteiger charge is 2.39. The topological polar surface area (TPSA) is 73.7 Å². The van der Waals surface area contributed by atoms with Crippen LogP contribution in [0.3, 0.4) is 0 Å². The fourth-order valence-corrected chi connectivity index (χ4v) is 4.46. The van der Waals surface area contributed by atoms with Gasteiger partial charge in [-0.05, 0) is 84.3 Å². The summed E-state index contributed by atoms with van der Waals surface area (Å²) in [7, 11) is 0. The number of amides is 2. The lowest BCUT2D eigenvalue weighted by Crippen LogP contribution is -2.47. The quantitative estimate of drug-likeness (QED) is 0.472. The molecule has 2 amide bonds. The van der Waals surface area contributed by atoms with Crippen molar-refractivity contribution < 1.29 is 19.1 Å². The van der Waals surface area contributed by atoms with Crippen molar-refractivity contribution in [2.75, 3.05) is 6.54 Å². The van der Waals surface area contributed by atoms with Crippen molar-refractivity contribution >= 4 is 12.2 Å². The second-order valence-corrected chi connectivity index (χ2v) is 12.0. The first-order valence-corrected chi connectivity index (χ1v) is 12.7. The minimum absolute atomic E-state index is 0.186. The fourth-order valence-electron chi connectivity index (χ4n) is 4.46. The van der Waals surface area contributed by atoms with Crippen LogP contribution >= 0.6 is 0 Å². The molecule has 0 radical (unpaired) electrons. The van der Waals surface area contributed by atoms with Gasteiger partial charge in [-0.15, -0.1) is 0 Å². The van der Waals surface area contributed by atoms with Crippen LogP contribution in [0.15, 0.2) is 36.5 Å². The number of imide groups is 1. The van der Waals surface area contributed by atoms with E-state index in [4.69, 9.17) is 14.6 Å². The molecule has 1 aromatic carbocycles. The van der Waals surface area contributed by atoms with Crippen LogP contribution < -0.4 is 0 Å². The number of carbonyl (C=O) groups is 2. The van der Waals surface area contributed by atoms with E-state index in [0.717, 1.165) is 24.2 Å². The molecule has 7 nitrogen and oxygen atoms in total. The highest BCUT2D eigenvalue weighted by atomic mass is 16.6. The number of hydrogen-bond acceptors (Lipinski definition) is 5. The van der Waals surface area contributed by atoms with Gasteiger partial charge in [0.2, 0.25) is 0 Å². The Morgan fingerprint density at radius 2 is 1.54 bits per heavy atom. The van der Waals surface area contributed by atoms with Crippen LogP contribution in [-0.4, -0.2) is 44.6 Å². The fraction of sp³-hybridized carbons (Fsp3) is 0.607. The van der Waals surface area contributed by atoms with E-state index in [-0.39, 0.29) is 18.5 Å². The molecule has 0 aliphatic heterocycles. The molecule has 7 heteroatoms. The van der Waals surface area contributed by atoms with Crippen LogP contribution in [0.25, 0.3) is 0 Å². The van der Waals surface area contributed by atoms with Crippen molar-refractivity contribution in [3.63, 3.8) is 0 Å². The lowest BCUT2D eigenvalue weighted by atomic mass is 9.80. The van der Waals surface area contributed by atoms with Crippen LogP contribution in [-0.2, 0) is 15.9 Å². The van der Waals surface area contributed by atoms with Crippen LogP contribution in [0.2, 0.25) is 0 Å². The molecule has 1 heterocycles. The minimum atomic E-state index is -0.692. The second kappa shape index (κ2) is 9.67. The first-order valence-electron chi connectivity index (χ1n) is 12.7. The molecule has 2 aliphatic rings.